The molecule has 0 amide bonds. The van der Waals surface area contributed by atoms with Crippen molar-refractivity contribution in [3.63, 3.8) is 0 Å². The van der Waals surface area contributed by atoms with Gasteiger partial charge in [-0.25, -0.2) is 0 Å². The molecule has 1 aromatic rings. The smallest absolute Gasteiger partial charge is 0.0435 e. The molecule has 1 aliphatic heterocycles. The first-order valence-electron chi connectivity index (χ1n) is 6.41. The number of hydrogen-bond acceptors (Lipinski definition) is 2. The minimum absolute atomic E-state index is 0.584. The maximum atomic E-state index is 4.60. The van der Waals surface area contributed by atoms with Gasteiger partial charge in [0.2, 0.25) is 0 Å². The Morgan fingerprint density at radius 1 is 1.31 bits per heavy atom. The van der Waals surface area contributed by atoms with Crippen LogP contribution in [0.5, 0.6) is 0 Å². The number of likely N-dealkylation sites (tertiary alicyclic amines) is 1. The lowest BCUT2D eigenvalue weighted by atomic mass is 10.0. The van der Waals surface area contributed by atoms with Crippen molar-refractivity contribution in [3.8, 4) is 0 Å². The molecule has 0 bridgehead atoms. The zero-order chi connectivity index (χ0) is 11.4. The maximum Gasteiger partial charge on any atom is 0.0435 e. The van der Waals surface area contributed by atoms with E-state index in [9.17, 15) is 0 Å². The first-order chi connectivity index (χ1) is 7.75. The average molecular weight is 218 g/mol. The van der Waals surface area contributed by atoms with Crippen molar-refractivity contribution in [2.24, 2.45) is 0 Å². The van der Waals surface area contributed by atoms with Gasteiger partial charge in [0.05, 0.1) is 0 Å². The highest BCUT2D eigenvalue weighted by atomic mass is 15.1. The molecule has 0 aliphatic carbocycles. The molecule has 2 heteroatoms. The number of nitrogens with zero attached hydrogens (tertiary/aromatic N) is 2. The van der Waals surface area contributed by atoms with E-state index >= 15 is 0 Å². The number of aryl methyl sites for hydroxylation is 1. The van der Waals surface area contributed by atoms with E-state index in [1.54, 1.807) is 0 Å². The van der Waals surface area contributed by atoms with Crippen molar-refractivity contribution in [2.45, 2.75) is 39.0 Å². The predicted octanol–water partition coefficient (Wildman–Crippen LogP) is 2.98. The fraction of sp³-hybridized carbons (Fsp3) is 0.643. The molecule has 0 saturated carbocycles. The molecule has 1 aromatic heterocycles. The Morgan fingerprint density at radius 2 is 2.06 bits per heavy atom. The molecule has 1 atom stereocenters. The lowest BCUT2D eigenvalue weighted by molar-refractivity contribution is 0.323. The van der Waals surface area contributed by atoms with Crippen LogP contribution in [0.4, 0.5) is 0 Å². The molecule has 1 fully saturated rings. The highest BCUT2D eigenvalue weighted by Crippen LogP contribution is 2.18. The molecule has 0 N–H and O–H groups in total. The van der Waals surface area contributed by atoms with Gasteiger partial charge in [0.25, 0.3) is 0 Å². The summed E-state index contributed by atoms with van der Waals surface area (Å²) in [5.74, 6) is 0.584. The van der Waals surface area contributed by atoms with Crippen molar-refractivity contribution < 1.29 is 0 Å². The van der Waals surface area contributed by atoms with Crippen LogP contribution in [0.25, 0.3) is 0 Å². The van der Waals surface area contributed by atoms with Crippen molar-refractivity contribution in [3.05, 3.63) is 29.6 Å². The number of hydrogen-bond donors (Lipinski definition) is 0. The minimum atomic E-state index is 0.584. The van der Waals surface area contributed by atoms with E-state index in [4.69, 9.17) is 0 Å². The summed E-state index contributed by atoms with van der Waals surface area (Å²) in [5.41, 5.74) is 2.38. The number of aromatic nitrogens is 1. The van der Waals surface area contributed by atoms with Gasteiger partial charge in [-0.05, 0) is 63.9 Å². The minimum Gasteiger partial charge on any atom is -0.303 e. The van der Waals surface area contributed by atoms with Crippen LogP contribution in [-0.4, -0.2) is 29.5 Å². The van der Waals surface area contributed by atoms with Gasteiger partial charge >= 0.3 is 0 Å². The fourth-order valence-corrected chi connectivity index (χ4v) is 2.37. The summed E-state index contributed by atoms with van der Waals surface area (Å²) >= 11 is 0. The van der Waals surface area contributed by atoms with Crippen LogP contribution >= 0.6 is 0 Å². The molecule has 2 rings (SSSR count). The molecule has 0 aromatic carbocycles. The summed E-state index contributed by atoms with van der Waals surface area (Å²) < 4.78 is 0. The quantitative estimate of drug-likeness (QED) is 0.772. The van der Waals surface area contributed by atoms with E-state index in [1.165, 1.54) is 44.6 Å². The van der Waals surface area contributed by atoms with Crippen LogP contribution in [0.15, 0.2) is 18.2 Å². The van der Waals surface area contributed by atoms with Gasteiger partial charge in [-0.3, -0.25) is 4.98 Å². The third kappa shape index (κ3) is 3.05. The highest BCUT2D eigenvalue weighted by Gasteiger charge is 2.13. The second-order valence-corrected chi connectivity index (χ2v) is 4.94. The standard InChI is InChI=1S/C14H22N2/c1-12(8-11-16-9-3-4-10-16)14-7-5-6-13(2)15-14/h5-7,12H,3-4,8-11H2,1-2H3. The second kappa shape index (κ2) is 5.44. The Labute approximate surface area is 98.7 Å². The van der Waals surface area contributed by atoms with Crippen molar-refractivity contribution in [1.82, 2.24) is 9.88 Å². The van der Waals surface area contributed by atoms with E-state index in [-0.39, 0.29) is 0 Å². The fourth-order valence-electron chi connectivity index (χ4n) is 2.37. The van der Waals surface area contributed by atoms with Gasteiger partial charge < -0.3 is 4.90 Å². The molecule has 1 aliphatic rings. The predicted molar refractivity (Wildman–Crippen MR) is 67.7 cm³/mol. The Hall–Kier alpha value is -0.890. The monoisotopic (exact) mass is 218 g/mol. The first kappa shape index (κ1) is 11.6. The van der Waals surface area contributed by atoms with Gasteiger partial charge in [-0.1, -0.05) is 13.0 Å². The van der Waals surface area contributed by atoms with Crippen LogP contribution in [-0.2, 0) is 0 Å². The van der Waals surface area contributed by atoms with Crippen molar-refractivity contribution >= 4 is 0 Å². The summed E-state index contributed by atoms with van der Waals surface area (Å²) in [5, 5.41) is 0. The Balaban J connectivity index is 1.85. The van der Waals surface area contributed by atoms with Crippen molar-refractivity contribution in [2.75, 3.05) is 19.6 Å². The largest absolute Gasteiger partial charge is 0.303 e. The molecule has 2 heterocycles. The van der Waals surface area contributed by atoms with Gasteiger partial charge in [0, 0.05) is 11.4 Å². The topological polar surface area (TPSA) is 16.1 Å². The zero-order valence-corrected chi connectivity index (χ0v) is 10.4. The number of pyridine rings is 1. The van der Waals surface area contributed by atoms with Gasteiger partial charge in [0.15, 0.2) is 0 Å². The molecule has 1 saturated heterocycles. The lowest BCUT2D eigenvalue weighted by Crippen LogP contribution is -2.21. The molecule has 88 valence electrons. The summed E-state index contributed by atoms with van der Waals surface area (Å²) in [6.07, 6.45) is 4.00. The van der Waals surface area contributed by atoms with E-state index in [0.717, 1.165) is 5.69 Å². The van der Waals surface area contributed by atoms with E-state index in [1.807, 2.05) is 0 Å². The number of rotatable bonds is 4. The van der Waals surface area contributed by atoms with E-state index in [0.29, 0.717) is 5.92 Å². The van der Waals surface area contributed by atoms with Gasteiger partial charge in [-0.15, -0.1) is 0 Å². The summed E-state index contributed by atoms with van der Waals surface area (Å²) in [6, 6.07) is 6.34. The molecular formula is C14H22N2. The van der Waals surface area contributed by atoms with Crippen LogP contribution < -0.4 is 0 Å². The molecule has 0 spiro atoms. The molecule has 16 heavy (non-hydrogen) atoms. The second-order valence-electron chi connectivity index (χ2n) is 4.94. The normalized spacial score (nSPS) is 18.9. The van der Waals surface area contributed by atoms with E-state index < -0.39 is 0 Å². The third-order valence-corrected chi connectivity index (χ3v) is 3.49. The van der Waals surface area contributed by atoms with Crippen LogP contribution in [0.2, 0.25) is 0 Å². The van der Waals surface area contributed by atoms with E-state index in [2.05, 4.69) is 41.9 Å². The summed E-state index contributed by atoms with van der Waals surface area (Å²) in [7, 11) is 0. The Kier molecular flexibility index (Phi) is 3.94. The van der Waals surface area contributed by atoms with Crippen molar-refractivity contribution in [1.29, 1.82) is 0 Å². The Morgan fingerprint density at radius 3 is 2.75 bits per heavy atom. The summed E-state index contributed by atoms with van der Waals surface area (Å²) in [6.45, 7) is 8.19. The van der Waals surface area contributed by atoms with Crippen LogP contribution in [0.1, 0.15) is 43.5 Å². The molecular weight excluding hydrogens is 196 g/mol. The lowest BCUT2D eigenvalue weighted by Gasteiger charge is -2.17. The Bertz CT molecular complexity index is 329. The first-order valence-corrected chi connectivity index (χ1v) is 6.41. The molecule has 2 nitrogen and oxygen atoms in total. The highest BCUT2D eigenvalue weighted by molar-refractivity contribution is 5.13. The van der Waals surface area contributed by atoms with Crippen LogP contribution in [0, 0.1) is 6.92 Å². The molecule has 1 unspecified atom stereocenters. The molecule has 0 radical (unpaired) electrons. The summed E-state index contributed by atoms with van der Waals surface area (Å²) in [4.78, 5) is 7.18. The van der Waals surface area contributed by atoms with Crippen LogP contribution in [0.3, 0.4) is 0 Å². The average Bonchev–Trinajstić information content (AvgIpc) is 2.78. The third-order valence-electron chi connectivity index (χ3n) is 3.49. The van der Waals surface area contributed by atoms with Gasteiger partial charge in [0.1, 0.15) is 0 Å². The zero-order valence-electron chi connectivity index (χ0n) is 10.4. The van der Waals surface area contributed by atoms with Gasteiger partial charge in [-0.2, -0.15) is 0 Å². The maximum absolute atomic E-state index is 4.60. The SMILES string of the molecule is Cc1cccc(C(C)CCN2CCCC2)n1.